The normalized spacial score (nSPS) is 12.2. The number of hydrogen-bond acceptors (Lipinski definition) is 2. The second-order valence-corrected chi connectivity index (χ2v) is 4.26. The zero-order valence-corrected chi connectivity index (χ0v) is 10.5. The molecule has 0 heterocycles. The minimum atomic E-state index is -0.276. The standard InChI is InChI=1S/C15H16FNO/c1-10(17)11-3-5-12(6-4-11)14-9-13(16)7-8-15(14)18-2/h3-10H,17H2,1-2H3/t10-/m0/s1. The van der Waals surface area contributed by atoms with Crippen LogP contribution in [0.2, 0.25) is 0 Å². The highest BCUT2D eigenvalue weighted by Gasteiger charge is 2.08. The van der Waals surface area contributed by atoms with Gasteiger partial charge in [0.15, 0.2) is 0 Å². The third-order valence-corrected chi connectivity index (χ3v) is 2.91. The van der Waals surface area contributed by atoms with Crippen molar-refractivity contribution in [3.8, 4) is 16.9 Å². The minimum absolute atomic E-state index is 0.00606. The van der Waals surface area contributed by atoms with Crippen molar-refractivity contribution in [3.05, 3.63) is 53.8 Å². The Morgan fingerprint density at radius 2 is 1.78 bits per heavy atom. The molecule has 2 aromatic rings. The van der Waals surface area contributed by atoms with E-state index in [1.165, 1.54) is 12.1 Å². The summed E-state index contributed by atoms with van der Waals surface area (Å²) in [4.78, 5) is 0. The van der Waals surface area contributed by atoms with E-state index >= 15 is 0 Å². The van der Waals surface area contributed by atoms with Gasteiger partial charge in [-0.15, -0.1) is 0 Å². The first-order chi connectivity index (χ1) is 8.61. The van der Waals surface area contributed by atoms with Crippen LogP contribution >= 0.6 is 0 Å². The van der Waals surface area contributed by atoms with Gasteiger partial charge in [-0.25, -0.2) is 4.39 Å². The predicted molar refractivity (Wildman–Crippen MR) is 71.0 cm³/mol. The molecular weight excluding hydrogens is 229 g/mol. The molecule has 0 saturated heterocycles. The third-order valence-electron chi connectivity index (χ3n) is 2.91. The van der Waals surface area contributed by atoms with Gasteiger partial charge in [0.2, 0.25) is 0 Å². The molecule has 0 fully saturated rings. The second-order valence-electron chi connectivity index (χ2n) is 4.26. The highest BCUT2D eigenvalue weighted by atomic mass is 19.1. The summed E-state index contributed by atoms with van der Waals surface area (Å²) in [5, 5.41) is 0. The molecule has 2 aromatic carbocycles. The molecule has 3 heteroatoms. The average Bonchev–Trinajstić information content (AvgIpc) is 2.39. The molecule has 2 nitrogen and oxygen atoms in total. The van der Waals surface area contributed by atoms with Gasteiger partial charge in [0.1, 0.15) is 11.6 Å². The number of halogens is 1. The van der Waals surface area contributed by atoms with E-state index in [0.717, 1.165) is 16.7 Å². The predicted octanol–water partition coefficient (Wildman–Crippen LogP) is 3.52. The van der Waals surface area contributed by atoms with Gasteiger partial charge in [-0.2, -0.15) is 0 Å². The van der Waals surface area contributed by atoms with Crippen LogP contribution in [0.1, 0.15) is 18.5 Å². The molecule has 0 aliphatic carbocycles. The van der Waals surface area contributed by atoms with E-state index in [1.807, 2.05) is 31.2 Å². The first kappa shape index (κ1) is 12.6. The molecule has 18 heavy (non-hydrogen) atoms. The van der Waals surface area contributed by atoms with Crippen LogP contribution in [0.25, 0.3) is 11.1 Å². The molecule has 0 bridgehead atoms. The van der Waals surface area contributed by atoms with Crippen molar-refractivity contribution in [1.29, 1.82) is 0 Å². The number of nitrogens with two attached hydrogens (primary N) is 1. The molecule has 2 rings (SSSR count). The van der Waals surface area contributed by atoms with E-state index in [0.29, 0.717) is 5.75 Å². The lowest BCUT2D eigenvalue weighted by atomic mass is 10.0. The Morgan fingerprint density at radius 3 is 2.33 bits per heavy atom. The molecule has 0 unspecified atom stereocenters. The quantitative estimate of drug-likeness (QED) is 0.898. The maximum Gasteiger partial charge on any atom is 0.126 e. The molecule has 0 radical (unpaired) electrons. The summed E-state index contributed by atoms with van der Waals surface area (Å²) in [7, 11) is 1.58. The fourth-order valence-electron chi connectivity index (χ4n) is 1.87. The second kappa shape index (κ2) is 5.19. The lowest BCUT2D eigenvalue weighted by Crippen LogP contribution is -2.04. The molecule has 1 atom stereocenters. The van der Waals surface area contributed by atoms with Gasteiger partial charge in [-0.1, -0.05) is 24.3 Å². The number of ether oxygens (including phenoxy) is 1. The summed E-state index contributed by atoms with van der Waals surface area (Å²) in [5.41, 5.74) is 8.50. The van der Waals surface area contributed by atoms with Crippen molar-refractivity contribution in [2.75, 3.05) is 7.11 Å². The van der Waals surface area contributed by atoms with Crippen LogP contribution in [0.3, 0.4) is 0 Å². The highest BCUT2D eigenvalue weighted by Crippen LogP contribution is 2.31. The summed E-state index contributed by atoms with van der Waals surface area (Å²) in [6, 6.07) is 12.2. The summed E-state index contributed by atoms with van der Waals surface area (Å²) in [5.74, 6) is 0.381. The van der Waals surface area contributed by atoms with Crippen molar-refractivity contribution in [1.82, 2.24) is 0 Å². The van der Waals surface area contributed by atoms with Gasteiger partial charge in [0.25, 0.3) is 0 Å². The Balaban J connectivity index is 2.44. The number of hydrogen-bond donors (Lipinski definition) is 1. The maximum absolute atomic E-state index is 13.3. The number of methoxy groups -OCH3 is 1. The zero-order valence-electron chi connectivity index (χ0n) is 10.5. The van der Waals surface area contributed by atoms with Gasteiger partial charge in [-0.3, -0.25) is 0 Å². The van der Waals surface area contributed by atoms with Gasteiger partial charge >= 0.3 is 0 Å². The fraction of sp³-hybridized carbons (Fsp3) is 0.200. The van der Waals surface area contributed by atoms with Crippen LogP contribution in [-0.2, 0) is 0 Å². The molecule has 0 aromatic heterocycles. The summed E-state index contributed by atoms with van der Waals surface area (Å²) in [6.45, 7) is 1.93. The van der Waals surface area contributed by atoms with E-state index in [2.05, 4.69) is 0 Å². The third kappa shape index (κ3) is 2.51. The van der Waals surface area contributed by atoms with E-state index in [9.17, 15) is 4.39 Å². The summed E-state index contributed by atoms with van der Waals surface area (Å²) >= 11 is 0. The molecular formula is C15H16FNO. The van der Waals surface area contributed by atoms with Crippen molar-refractivity contribution in [3.63, 3.8) is 0 Å². The van der Waals surface area contributed by atoms with Crippen LogP contribution in [0, 0.1) is 5.82 Å². The lowest BCUT2D eigenvalue weighted by molar-refractivity contribution is 0.415. The molecule has 0 aliphatic rings. The van der Waals surface area contributed by atoms with Crippen LogP contribution < -0.4 is 10.5 Å². The van der Waals surface area contributed by atoms with Crippen molar-refractivity contribution in [2.24, 2.45) is 5.73 Å². The lowest BCUT2D eigenvalue weighted by Gasteiger charge is -2.10. The maximum atomic E-state index is 13.3. The zero-order chi connectivity index (χ0) is 13.1. The van der Waals surface area contributed by atoms with Crippen LogP contribution in [-0.4, -0.2) is 7.11 Å². The molecule has 94 valence electrons. The van der Waals surface area contributed by atoms with Crippen LogP contribution in [0.15, 0.2) is 42.5 Å². The summed E-state index contributed by atoms with van der Waals surface area (Å²) in [6.07, 6.45) is 0. The molecule has 0 amide bonds. The fourth-order valence-corrected chi connectivity index (χ4v) is 1.87. The van der Waals surface area contributed by atoms with Gasteiger partial charge in [-0.05, 0) is 36.2 Å². The smallest absolute Gasteiger partial charge is 0.126 e. The topological polar surface area (TPSA) is 35.2 Å². The Hall–Kier alpha value is -1.87. The van der Waals surface area contributed by atoms with E-state index in [1.54, 1.807) is 13.2 Å². The van der Waals surface area contributed by atoms with Crippen molar-refractivity contribution >= 4 is 0 Å². The van der Waals surface area contributed by atoms with E-state index in [4.69, 9.17) is 10.5 Å². The Morgan fingerprint density at radius 1 is 1.11 bits per heavy atom. The summed E-state index contributed by atoms with van der Waals surface area (Å²) < 4.78 is 18.5. The minimum Gasteiger partial charge on any atom is -0.496 e. The van der Waals surface area contributed by atoms with Crippen LogP contribution in [0.4, 0.5) is 4.39 Å². The Labute approximate surface area is 106 Å². The Bertz CT molecular complexity index is 535. The monoisotopic (exact) mass is 245 g/mol. The number of benzene rings is 2. The highest BCUT2D eigenvalue weighted by molar-refractivity contribution is 5.70. The SMILES string of the molecule is COc1ccc(F)cc1-c1ccc([C@H](C)N)cc1. The molecule has 0 spiro atoms. The van der Waals surface area contributed by atoms with Crippen LogP contribution in [0.5, 0.6) is 5.75 Å². The largest absolute Gasteiger partial charge is 0.496 e. The van der Waals surface area contributed by atoms with Gasteiger partial charge in [0, 0.05) is 11.6 Å². The van der Waals surface area contributed by atoms with Gasteiger partial charge in [0.05, 0.1) is 7.11 Å². The van der Waals surface area contributed by atoms with Gasteiger partial charge < -0.3 is 10.5 Å². The van der Waals surface area contributed by atoms with E-state index < -0.39 is 0 Å². The Kier molecular flexibility index (Phi) is 3.63. The first-order valence-corrected chi connectivity index (χ1v) is 5.81. The van der Waals surface area contributed by atoms with Crippen molar-refractivity contribution < 1.29 is 9.13 Å². The first-order valence-electron chi connectivity index (χ1n) is 5.81. The molecule has 2 N–H and O–H groups in total. The average molecular weight is 245 g/mol. The molecule has 0 aliphatic heterocycles. The number of rotatable bonds is 3. The van der Waals surface area contributed by atoms with E-state index in [-0.39, 0.29) is 11.9 Å². The molecule has 0 saturated carbocycles. The van der Waals surface area contributed by atoms with Crippen molar-refractivity contribution in [2.45, 2.75) is 13.0 Å².